The van der Waals surface area contributed by atoms with Crippen molar-refractivity contribution in [3.8, 4) is 0 Å². The number of fused-ring (bicyclic) bond motifs is 2. The third-order valence-electron chi connectivity index (χ3n) is 4.40. The van der Waals surface area contributed by atoms with Gasteiger partial charge < -0.3 is 10.1 Å². The number of esters is 1. The number of methoxy groups -OCH3 is 1. The van der Waals surface area contributed by atoms with Crippen LogP contribution in [0.2, 0.25) is 5.02 Å². The van der Waals surface area contributed by atoms with Crippen LogP contribution in [0.5, 0.6) is 0 Å². The van der Waals surface area contributed by atoms with Gasteiger partial charge >= 0.3 is 5.97 Å². The van der Waals surface area contributed by atoms with Crippen LogP contribution in [0.15, 0.2) is 23.1 Å². The van der Waals surface area contributed by atoms with Crippen LogP contribution in [0.1, 0.15) is 36.0 Å². The highest BCUT2D eigenvalue weighted by Gasteiger charge is 2.35. The molecule has 2 aliphatic heterocycles. The van der Waals surface area contributed by atoms with Crippen molar-refractivity contribution >= 4 is 27.6 Å². The summed E-state index contributed by atoms with van der Waals surface area (Å²) in [4.78, 5) is 11.6. The molecule has 0 amide bonds. The number of ether oxygens (including phenoxy) is 1. The quantitative estimate of drug-likeness (QED) is 0.800. The monoisotopic (exact) mass is 358 g/mol. The zero-order chi connectivity index (χ0) is 16.6. The van der Waals surface area contributed by atoms with Crippen LogP contribution in [-0.2, 0) is 14.8 Å². The SMILES string of the molecule is COC(=O)c1cc(Cl)cc(S(=O)(=O)NC2CC3CCC(C2)N3)c1. The van der Waals surface area contributed by atoms with E-state index < -0.39 is 16.0 Å². The molecule has 126 valence electrons. The maximum absolute atomic E-state index is 12.6. The van der Waals surface area contributed by atoms with Crippen molar-refractivity contribution in [1.29, 1.82) is 0 Å². The van der Waals surface area contributed by atoms with Gasteiger partial charge in [-0.2, -0.15) is 0 Å². The van der Waals surface area contributed by atoms with E-state index >= 15 is 0 Å². The molecule has 2 N–H and O–H groups in total. The largest absolute Gasteiger partial charge is 0.465 e. The van der Waals surface area contributed by atoms with E-state index in [1.807, 2.05) is 0 Å². The predicted molar refractivity (Wildman–Crippen MR) is 86.1 cm³/mol. The predicted octanol–water partition coefficient (Wildman–Crippen LogP) is 1.69. The van der Waals surface area contributed by atoms with Crippen molar-refractivity contribution in [3.05, 3.63) is 28.8 Å². The Balaban J connectivity index is 1.82. The fraction of sp³-hybridized carbons (Fsp3) is 0.533. The zero-order valence-corrected chi connectivity index (χ0v) is 14.3. The summed E-state index contributed by atoms with van der Waals surface area (Å²) in [5.74, 6) is -0.621. The summed E-state index contributed by atoms with van der Waals surface area (Å²) in [5.41, 5.74) is 0.116. The van der Waals surface area contributed by atoms with E-state index in [2.05, 4.69) is 14.8 Å². The summed E-state index contributed by atoms with van der Waals surface area (Å²) in [5, 5.41) is 3.65. The first-order chi connectivity index (χ1) is 10.9. The number of sulfonamides is 1. The number of hydrogen-bond donors (Lipinski definition) is 2. The molecule has 23 heavy (non-hydrogen) atoms. The van der Waals surface area contributed by atoms with Crippen molar-refractivity contribution in [3.63, 3.8) is 0 Å². The second kappa shape index (κ2) is 6.39. The van der Waals surface area contributed by atoms with Crippen LogP contribution in [0.3, 0.4) is 0 Å². The molecule has 2 heterocycles. The molecule has 0 spiro atoms. The van der Waals surface area contributed by atoms with Gasteiger partial charge in [-0.05, 0) is 43.9 Å². The lowest BCUT2D eigenvalue weighted by Crippen LogP contribution is -2.47. The highest BCUT2D eigenvalue weighted by Crippen LogP contribution is 2.28. The van der Waals surface area contributed by atoms with E-state index in [1.54, 1.807) is 0 Å². The number of piperidine rings is 1. The Morgan fingerprint density at radius 3 is 2.52 bits per heavy atom. The molecular weight excluding hydrogens is 340 g/mol. The van der Waals surface area contributed by atoms with Gasteiger partial charge in [0.15, 0.2) is 0 Å². The first-order valence-electron chi connectivity index (χ1n) is 7.54. The molecule has 0 aliphatic carbocycles. The maximum Gasteiger partial charge on any atom is 0.337 e. The van der Waals surface area contributed by atoms with Gasteiger partial charge in [0.05, 0.1) is 17.6 Å². The highest BCUT2D eigenvalue weighted by molar-refractivity contribution is 7.89. The van der Waals surface area contributed by atoms with E-state index in [0.717, 1.165) is 25.7 Å². The number of carbonyl (C=O) groups excluding carboxylic acids is 1. The highest BCUT2D eigenvalue weighted by atomic mass is 35.5. The average molecular weight is 359 g/mol. The number of nitrogens with one attached hydrogen (secondary N) is 2. The summed E-state index contributed by atoms with van der Waals surface area (Å²) < 4.78 is 32.6. The summed E-state index contributed by atoms with van der Waals surface area (Å²) in [6.45, 7) is 0. The molecule has 0 saturated carbocycles. The molecule has 2 aliphatic rings. The normalized spacial score (nSPS) is 27.0. The molecule has 3 rings (SSSR count). The van der Waals surface area contributed by atoms with E-state index in [0.29, 0.717) is 12.1 Å². The topological polar surface area (TPSA) is 84.5 Å². The van der Waals surface area contributed by atoms with Gasteiger partial charge in [0, 0.05) is 23.1 Å². The molecule has 8 heteroatoms. The molecule has 0 aromatic heterocycles. The molecule has 1 aromatic carbocycles. The molecule has 1 aromatic rings. The molecule has 0 radical (unpaired) electrons. The van der Waals surface area contributed by atoms with Crippen molar-refractivity contribution in [2.45, 2.75) is 48.7 Å². The second-order valence-electron chi connectivity index (χ2n) is 6.09. The van der Waals surface area contributed by atoms with Gasteiger partial charge in [-0.3, -0.25) is 0 Å². The molecule has 2 atom stereocenters. The molecular formula is C15H19ClN2O4S. The Morgan fingerprint density at radius 1 is 1.26 bits per heavy atom. The number of rotatable bonds is 4. The van der Waals surface area contributed by atoms with Crippen molar-refractivity contribution in [2.75, 3.05) is 7.11 Å². The zero-order valence-electron chi connectivity index (χ0n) is 12.7. The lowest BCUT2D eigenvalue weighted by molar-refractivity contribution is 0.0600. The molecule has 2 unspecified atom stereocenters. The Kier molecular flexibility index (Phi) is 4.64. The minimum Gasteiger partial charge on any atom is -0.465 e. The lowest BCUT2D eigenvalue weighted by Gasteiger charge is -2.29. The molecule has 2 fully saturated rings. The first-order valence-corrected chi connectivity index (χ1v) is 9.41. The van der Waals surface area contributed by atoms with Crippen LogP contribution in [0.4, 0.5) is 0 Å². The van der Waals surface area contributed by atoms with Crippen LogP contribution in [-0.4, -0.2) is 39.6 Å². The van der Waals surface area contributed by atoms with Gasteiger partial charge in [0.2, 0.25) is 10.0 Å². The van der Waals surface area contributed by atoms with E-state index in [4.69, 9.17) is 11.6 Å². The van der Waals surface area contributed by atoms with Gasteiger partial charge in [0.25, 0.3) is 0 Å². The Hall–Kier alpha value is -1.15. The third-order valence-corrected chi connectivity index (χ3v) is 6.12. The van der Waals surface area contributed by atoms with Crippen LogP contribution < -0.4 is 10.0 Å². The minimum absolute atomic E-state index is 0.0173. The van der Waals surface area contributed by atoms with Gasteiger partial charge in [0.1, 0.15) is 0 Å². The van der Waals surface area contributed by atoms with Crippen molar-refractivity contribution < 1.29 is 17.9 Å². The Morgan fingerprint density at radius 2 is 1.91 bits per heavy atom. The first kappa shape index (κ1) is 16.7. The van der Waals surface area contributed by atoms with Crippen molar-refractivity contribution in [2.24, 2.45) is 0 Å². The second-order valence-corrected chi connectivity index (χ2v) is 8.25. The van der Waals surface area contributed by atoms with E-state index in [9.17, 15) is 13.2 Å². The van der Waals surface area contributed by atoms with Crippen molar-refractivity contribution in [1.82, 2.24) is 10.0 Å². The van der Waals surface area contributed by atoms with Crippen LogP contribution in [0.25, 0.3) is 0 Å². The molecule has 2 bridgehead atoms. The standard InChI is InChI=1S/C15H19ClN2O4S/c1-22-15(19)9-4-10(16)6-14(5-9)23(20,21)18-13-7-11-2-3-12(8-13)17-11/h4-6,11-13,17-18H,2-3,7-8H2,1H3. The number of carbonyl (C=O) groups is 1. The fourth-order valence-electron chi connectivity index (χ4n) is 3.39. The van der Waals surface area contributed by atoms with Gasteiger partial charge in [-0.1, -0.05) is 11.6 Å². The van der Waals surface area contributed by atoms with Crippen LogP contribution in [0, 0.1) is 0 Å². The molecule has 2 saturated heterocycles. The minimum atomic E-state index is -3.74. The summed E-state index contributed by atoms with van der Waals surface area (Å²) in [7, 11) is -2.50. The van der Waals surface area contributed by atoms with Gasteiger partial charge in [-0.25, -0.2) is 17.9 Å². The number of halogens is 1. The third kappa shape index (κ3) is 3.68. The van der Waals surface area contributed by atoms with Crippen LogP contribution >= 0.6 is 11.6 Å². The Labute approximate surface area is 140 Å². The summed E-state index contributed by atoms with van der Waals surface area (Å²) in [6.07, 6.45) is 3.74. The number of benzene rings is 1. The average Bonchev–Trinajstić information content (AvgIpc) is 2.84. The van der Waals surface area contributed by atoms with E-state index in [-0.39, 0.29) is 21.5 Å². The van der Waals surface area contributed by atoms with E-state index in [1.165, 1.54) is 25.3 Å². The maximum atomic E-state index is 12.6. The number of hydrogen-bond acceptors (Lipinski definition) is 5. The Bertz CT molecular complexity index is 710. The summed E-state index contributed by atoms with van der Waals surface area (Å²) in [6, 6.07) is 4.68. The lowest BCUT2D eigenvalue weighted by atomic mass is 10.0. The summed E-state index contributed by atoms with van der Waals surface area (Å²) >= 11 is 5.95. The smallest absolute Gasteiger partial charge is 0.337 e. The van der Waals surface area contributed by atoms with Gasteiger partial charge in [-0.15, -0.1) is 0 Å². The fourth-order valence-corrected chi connectivity index (χ4v) is 5.03. The molecule has 6 nitrogen and oxygen atoms in total.